The topological polar surface area (TPSA) is 12.0 Å². The van der Waals surface area contributed by atoms with Crippen LogP contribution in [0.4, 0.5) is 8.78 Å². The second kappa shape index (κ2) is 6.78. The third-order valence-corrected chi connectivity index (χ3v) is 3.61. The summed E-state index contributed by atoms with van der Waals surface area (Å²) in [5.41, 5.74) is 2.23. The van der Waals surface area contributed by atoms with E-state index in [1.165, 1.54) is 17.7 Å². The van der Waals surface area contributed by atoms with Gasteiger partial charge < -0.3 is 5.32 Å². The minimum Gasteiger partial charge on any atom is -0.309 e. The van der Waals surface area contributed by atoms with Crippen LogP contribution in [-0.2, 0) is 13.1 Å². The molecule has 1 nitrogen and oxygen atoms in total. The molecule has 0 atom stereocenters. The Bertz CT molecular complexity index is 526. The number of hydrogen-bond donors (Lipinski definition) is 1. The lowest BCUT2D eigenvalue weighted by atomic mass is 10.1. The predicted octanol–water partition coefficient (Wildman–Crippen LogP) is 4.68. The predicted molar refractivity (Wildman–Crippen MR) is 76.1 cm³/mol. The van der Waals surface area contributed by atoms with Crippen LogP contribution in [0, 0.1) is 0 Å². The highest BCUT2D eigenvalue weighted by atomic mass is 79.9. The minimum absolute atomic E-state index is 0.0644. The van der Waals surface area contributed by atoms with Crippen molar-refractivity contribution in [3.63, 3.8) is 0 Å². The third-order valence-electron chi connectivity index (χ3n) is 2.83. The van der Waals surface area contributed by atoms with E-state index in [0.717, 1.165) is 16.6 Å². The third kappa shape index (κ3) is 4.11. The SMILES string of the molecule is FC(F)c1ccc(CNCc2ccccc2Br)cc1. The Hall–Kier alpha value is -1.26. The normalized spacial score (nSPS) is 10.9. The molecule has 0 aliphatic rings. The molecule has 0 aliphatic carbocycles. The zero-order valence-electron chi connectivity index (χ0n) is 10.2. The molecule has 2 aromatic rings. The van der Waals surface area contributed by atoms with Crippen molar-refractivity contribution in [1.29, 1.82) is 0 Å². The van der Waals surface area contributed by atoms with Gasteiger partial charge in [0.1, 0.15) is 0 Å². The van der Waals surface area contributed by atoms with Crippen LogP contribution in [0.1, 0.15) is 23.1 Å². The van der Waals surface area contributed by atoms with E-state index in [0.29, 0.717) is 6.54 Å². The fraction of sp³-hybridized carbons (Fsp3) is 0.200. The maximum Gasteiger partial charge on any atom is 0.263 e. The summed E-state index contributed by atoms with van der Waals surface area (Å²) in [5, 5.41) is 3.29. The van der Waals surface area contributed by atoms with E-state index < -0.39 is 6.43 Å². The Labute approximate surface area is 119 Å². The van der Waals surface area contributed by atoms with Gasteiger partial charge in [-0.15, -0.1) is 0 Å². The van der Waals surface area contributed by atoms with Crippen molar-refractivity contribution >= 4 is 15.9 Å². The molecule has 100 valence electrons. The highest BCUT2D eigenvalue weighted by molar-refractivity contribution is 9.10. The van der Waals surface area contributed by atoms with Gasteiger partial charge in [0.05, 0.1) is 0 Å². The summed E-state index contributed by atoms with van der Waals surface area (Å²) in [6.07, 6.45) is -2.40. The number of rotatable bonds is 5. The smallest absolute Gasteiger partial charge is 0.263 e. The van der Waals surface area contributed by atoms with Crippen molar-refractivity contribution in [2.45, 2.75) is 19.5 Å². The molecule has 0 unspecified atom stereocenters. The van der Waals surface area contributed by atoms with E-state index in [1.54, 1.807) is 12.1 Å². The molecular formula is C15H14BrF2N. The number of nitrogens with one attached hydrogen (secondary N) is 1. The summed E-state index contributed by atoms with van der Waals surface area (Å²) < 4.78 is 25.9. The summed E-state index contributed by atoms with van der Waals surface area (Å²) in [6, 6.07) is 14.4. The van der Waals surface area contributed by atoms with Crippen LogP contribution in [0.5, 0.6) is 0 Å². The summed E-state index contributed by atoms with van der Waals surface area (Å²) >= 11 is 3.48. The highest BCUT2D eigenvalue weighted by Crippen LogP contribution is 2.19. The number of hydrogen-bond acceptors (Lipinski definition) is 1. The van der Waals surface area contributed by atoms with Gasteiger partial charge in [-0.2, -0.15) is 0 Å². The number of alkyl halides is 2. The molecule has 0 aliphatic heterocycles. The minimum atomic E-state index is -2.40. The molecule has 0 spiro atoms. The summed E-state index contributed by atoms with van der Waals surface area (Å²) in [5.74, 6) is 0. The maximum atomic E-state index is 12.4. The Morgan fingerprint density at radius 2 is 1.63 bits per heavy atom. The maximum absolute atomic E-state index is 12.4. The second-order valence-corrected chi connectivity index (χ2v) is 5.09. The van der Waals surface area contributed by atoms with Gasteiger partial charge >= 0.3 is 0 Å². The lowest BCUT2D eigenvalue weighted by molar-refractivity contribution is 0.151. The van der Waals surface area contributed by atoms with E-state index in [1.807, 2.05) is 24.3 Å². The molecule has 0 saturated carbocycles. The standard InChI is InChI=1S/C15H14BrF2N/c16-14-4-2-1-3-13(14)10-19-9-11-5-7-12(8-6-11)15(17)18/h1-8,15,19H,9-10H2. The number of halogens is 3. The Kier molecular flexibility index (Phi) is 5.05. The first kappa shape index (κ1) is 14.2. The van der Waals surface area contributed by atoms with Gasteiger partial charge in [-0.3, -0.25) is 0 Å². The van der Waals surface area contributed by atoms with Gasteiger partial charge in [0.2, 0.25) is 0 Å². The Morgan fingerprint density at radius 1 is 0.947 bits per heavy atom. The quantitative estimate of drug-likeness (QED) is 0.841. The summed E-state index contributed by atoms with van der Waals surface area (Å²) in [7, 11) is 0. The second-order valence-electron chi connectivity index (χ2n) is 4.24. The van der Waals surface area contributed by atoms with Gasteiger partial charge in [-0.05, 0) is 17.2 Å². The van der Waals surface area contributed by atoms with Crippen LogP contribution in [0.25, 0.3) is 0 Å². The summed E-state index contributed by atoms with van der Waals surface area (Å²) in [4.78, 5) is 0. The van der Waals surface area contributed by atoms with Crippen LogP contribution < -0.4 is 5.32 Å². The molecule has 0 fully saturated rings. The Balaban J connectivity index is 1.87. The van der Waals surface area contributed by atoms with E-state index >= 15 is 0 Å². The van der Waals surface area contributed by atoms with Crippen molar-refractivity contribution < 1.29 is 8.78 Å². The molecular weight excluding hydrogens is 312 g/mol. The number of benzene rings is 2. The lowest BCUT2D eigenvalue weighted by Crippen LogP contribution is -2.12. The van der Waals surface area contributed by atoms with Crippen LogP contribution in [0.2, 0.25) is 0 Å². The molecule has 0 heterocycles. The van der Waals surface area contributed by atoms with Crippen LogP contribution >= 0.6 is 15.9 Å². The molecule has 1 N–H and O–H groups in total. The van der Waals surface area contributed by atoms with Gasteiger partial charge in [0, 0.05) is 23.1 Å². The summed E-state index contributed by atoms with van der Waals surface area (Å²) in [6.45, 7) is 1.39. The first-order valence-corrected chi connectivity index (χ1v) is 6.77. The first-order chi connectivity index (χ1) is 9.16. The van der Waals surface area contributed by atoms with Crippen molar-refractivity contribution in [1.82, 2.24) is 5.32 Å². The first-order valence-electron chi connectivity index (χ1n) is 5.98. The van der Waals surface area contributed by atoms with E-state index in [4.69, 9.17) is 0 Å². The largest absolute Gasteiger partial charge is 0.309 e. The van der Waals surface area contributed by atoms with Crippen LogP contribution in [0.3, 0.4) is 0 Å². The molecule has 0 aromatic heterocycles. The molecule has 19 heavy (non-hydrogen) atoms. The molecule has 2 rings (SSSR count). The monoisotopic (exact) mass is 325 g/mol. The van der Waals surface area contributed by atoms with E-state index in [2.05, 4.69) is 21.2 Å². The fourth-order valence-corrected chi connectivity index (χ4v) is 2.19. The van der Waals surface area contributed by atoms with Crippen molar-refractivity contribution in [3.05, 3.63) is 69.7 Å². The van der Waals surface area contributed by atoms with Gasteiger partial charge in [0.25, 0.3) is 6.43 Å². The highest BCUT2D eigenvalue weighted by Gasteiger charge is 2.05. The van der Waals surface area contributed by atoms with Crippen molar-refractivity contribution in [3.8, 4) is 0 Å². The van der Waals surface area contributed by atoms with E-state index in [-0.39, 0.29) is 5.56 Å². The lowest BCUT2D eigenvalue weighted by Gasteiger charge is -2.07. The average Bonchev–Trinajstić information content (AvgIpc) is 2.41. The van der Waals surface area contributed by atoms with Crippen molar-refractivity contribution in [2.24, 2.45) is 0 Å². The average molecular weight is 326 g/mol. The molecule has 4 heteroatoms. The fourth-order valence-electron chi connectivity index (χ4n) is 1.76. The van der Waals surface area contributed by atoms with Crippen LogP contribution in [-0.4, -0.2) is 0 Å². The zero-order valence-corrected chi connectivity index (χ0v) is 11.8. The molecule has 0 amide bonds. The zero-order chi connectivity index (χ0) is 13.7. The molecule has 0 radical (unpaired) electrons. The van der Waals surface area contributed by atoms with Crippen molar-refractivity contribution in [2.75, 3.05) is 0 Å². The van der Waals surface area contributed by atoms with E-state index in [9.17, 15) is 8.78 Å². The molecule has 2 aromatic carbocycles. The van der Waals surface area contributed by atoms with Gasteiger partial charge in [-0.25, -0.2) is 8.78 Å². The van der Waals surface area contributed by atoms with Crippen LogP contribution in [0.15, 0.2) is 53.0 Å². The Morgan fingerprint density at radius 3 is 2.26 bits per heavy atom. The van der Waals surface area contributed by atoms with Gasteiger partial charge in [0.15, 0.2) is 0 Å². The molecule has 0 saturated heterocycles. The molecule has 0 bridgehead atoms. The van der Waals surface area contributed by atoms with Gasteiger partial charge in [-0.1, -0.05) is 58.4 Å².